The van der Waals surface area contributed by atoms with E-state index in [9.17, 15) is 27.6 Å². The van der Waals surface area contributed by atoms with Crippen molar-refractivity contribution >= 4 is 33.7 Å². The average Bonchev–Trinajstić information content (AvgIpc) is 3.11. The quantitative estimate of drug-likeness (QED) is 0.199. The molecule has 1 aromatic carbocycles. The van der Waals surface area contributed by atoms with Gasteiger partial charge in [0.25, 0.3) is 0 Å². The van der Waals surface area contributed by atoms with Crippen molar-refractivity contribution in [3.63, 3.8) is 0 Å². The van der Waals surface area contributed by atoms with E-state index in [1.165, 1.54) is 38.8 Å². The number of carboxylic acids is 4. The van der Waals surface area contributed by atoms with E-state index < -0.39 is 33.7 Å². The summed E-state index contributed by atoms with van der Waals surface area (Å²) in [6, 6.07) is 8.68. The van der Waals surface area contributed by atoms with E-state index in [4.69, 9.17) is 20.4 Å². The Morgan fingerprint density at radius 1 is 0.730 bits per heavy atom. The van der Waals surface area contributed by atoms with E-state index >= 15 is 0 Å². The van der Waals surface area contributed by atoms with Crippen molar-refractivity contribution in [2.75, 3.05) is 38.5 Å². The van der Waals surface area contributed by atoms with Gasteiger partial charge in [0.05, 0.1) is 10.6 Å². The number of rotatable bonds is 11. The third-order valence-electron chi connectivity index (χ3n) is 4.69. The molecule has 5 N–H and O–H groups in total. The lowest BCUT2D eigenvalue weighted by atomic mass is 10.2. The van der Waals surface area contributed by atoms with Crippen LogP contribution in [0.3, 0.4) is 0 Å². The fourth-order valence-corrected chi connectivity index (χ4v) is 4.18. The molecule has 1 aliphatic rings. The minimum absolute atomic E-state index is 0.164. The van der Waals surface area contributed by atoms with Crippen LogP contribution >= 0.6 is 0 Å². The summed E-state index contributed by atoms with van der Waals surface area (Å²) in [5, 5.41) is 34.5. The summed E-state index contributed by atoms with van der Waals surface area (Å²) in [5.74, 6) is -4.86. The first kappa shape index (κ1) is 33.4. The summed E-state index contributed by atoms with van der Waals surface area (Å²) < 4.78 is 24.2. The minimum Gasteiger partial charge on any atom is -0.478 e. The monoisotopic (exact) mass is 542 g/mol. The molecule has 0 atom stereocenters. The van der Waals surface area contributed by atoms with E-state index in [1.807, 2.05) is 6.07 Å². The Labute approximate surface area is 215 Å². The number of carbonyl (C=O) groups is 4. The third-order valence-corrected chi connectivity index (χ3v) is 6.42. The number of aliphatic carboxylic acids is 4. The zero-order valence-electron chi connectivity index (χ0n) is 20.4. The van der Waals surface area contributed by atoms with Crippen LogP contribution in [0, 0.1) is 0 Å². The highest BCUT2D eigenvalue weighted by molar-refractivity contribution is 7.91. The van der Waals surface area contributed by atoms with Crippen LogP contribution in [0.15, 0.2) is 59.5 Å². The van der Waals surface area contributed by atoms with Gasteiger partial charge in [-0.1, -0.05) is 31.0 Å². The largest absolute Gasteiger partial charge is 0.478 e. The number of hydrogen-bond acceptors (Lipinski definition) is 8. The predicted octanol–water partition coefficient (Wildman–Crippen LogP) is 1.35. The highest BCUT2D eigenvalue weighted by Gasteiger charge is 2.13. The standard InChI is InChI=1S/C16H26N2O2S.2C4H4O4/c19-21(20,16-8-4-3-5-9-16)15-11-17-10-14-18-12-6-1-2-7-13-18;2*5-3(6)1-2-4(7)8/h3-5,8-9,17H,1-2,6-7,10-15H2;2*1-2H,(H,5,6)(H,7,8). The summed E-state index contributed by atoms with van der Waals surface area (Å²) in [4.78, 5) is 41.1. The van der Waals surface area contributed by atoms with Gasteiger partial charge in [-0.15, -0.1) is 0 Å². The predicted molar refractivity (Wildman–Crippen MR) is 135 cm³/mol. The lowest BCUT2D eigenvalue weighted by molar-refractivity contribution is -0.134. The first-order chi connectivity index (χ1) is 17.4. The molecule has 0 aromatic heterocycles. The summed E-state index contributed by atoms with van der Waals surface area (Å²) in [7, 11) is -3.15. The number of nitrogens with zero attached hydrogens (tertiary/aromatic N) is 1. The molecule has 1 saturated heterocycles. The van der Waals surface area contributed by atoms with Crippen molar-refractivity contribution in [2.45, 2.75) is 30.6 Å². The molecule has 2 rings (SSSR count). The van der Waals surface area contributed by atoms with Gasteiger partial charge in [-0.3, -0.25) is 0 Å². The van der Waals surface area contributed by atoms with E-state index in [1.54, 1.807) is 24.3 Å². The molecule has 0 bridgehead atoms. The summed E-state index contributed by atoms with van der Waals surface area (Å²) >= 11 is 0. The summed E-state index contributed by atoms with van der Waals surface area (Å²) in [5.41, 5.74) is 0. The molecule has 0 spiro atoms. The fourth-order valence-electron chi connectivity index (χ4n) is 2.96. The van der Waals surface area contributed by atoms with Crippen LogP contribution in [-0.2, 0) is 29.0 Å². The van der Waals surface area contributed by atoms with E-state index in [0.29, 0.717) is 35.7 Å². The highest BCUT2D eigenvalue weighted by Crippen LogP contribution is 2.10. The Hall–Kier alpha value is -3.55. The second-order valence-electron chi connectivity index (χ2n) is 7.66. The van der Waals surface area contributed by atoms with Crippen LogP contribution in [0.5, 0.6) is 0 Å². The topological polar surface area (TPSA) is 199 Å². The van der Waals surface area contributed by atoms with E-state index in [2.05, 4.69) is 10.2 Å². The van der Waals surface area contributed by atoms with Gasteiger partial charge in [-0.05, 0) is 38.1 Å². The minimum atomic E-state index is -3.15. The Balaban J connectivity index is 0.000000669. The second kappa shape index (κ2) is 19.6. The molecule has 1 heterocycles. The lowest BCUT2D eigenvalue weighted by Gasteiger charge is -2.19. The maximum atomic E-state index is 12.1. The first-order valence-electron chi connectivity index (χ1n) is 11.4. The molecule has 0 aliphatic carbocycles. The number of sulfone groups is 1. The molecular formula is C24H34N2O10S. The van der Waals surface area contributed by atoms with Crippen LogP contribution in [0.4, 0.5) is 0 Å². The average molecular weight is 543 g/mol. The Bertz CT molecular complexity index is 934. The number of likely N-dealkylation sites (tertiary alicyclic amines) is 1. The molecule has 0 amide bonds. The van der Waals surface area contributed by atoms with Crippen LogP contribution in [0.25, 0.3) is 0 Å². The number of nitrogens with one attached hydrogen (secondary N) is 1. The van der Waals surface area contributed by atoms with Crippen LogP contribution in [0.1, 0.15) is 25.7 Å². The second-order valence-corrected chi connectivity index (χ2v) is 9.77. The smallest absolute Gasteiger partial charge is 0.328 e. The molecule has 12 nitrogen and oxygen atoms in total. The van der Waals surface area contributed by atoms with Crippen molar-refractivity contribution in [1.29, 1.82) is 0 Å². The molecule has 1 fully saturated rings. The van der Waals surface area contributed by atoms with Crippen LogP contribution < -0.4 is 5.32 Å². The maximum absolute atomic E-state index is 12.1. The van der Waals surface area contributed by atoms with Crippen molar-refractivity contribution < 1.29 is 48.0 Å². The van der Waals surface area contributed by atoms with Gasteiger partial charge in [-0.2, -0.15) is 0 Å². The number of hydrogen-bond donors (Lipinski definition) is 5. The summed E-state index contributed by atoms with van der Waals surface area (Å²) in [6.45, 7) is 4.77. The van der Waals surface area contributed by atoms with Crippen molar-refractivity contribution in [2.24, 2.45) is 0 Å². The molecule has 1 aromatic rings. The van der Waals surface area contributed by atoms with Crippen LogP contribution in [0.2, 0.25) is 0 Å². The Morgan fingerprint density at radius 2 is 1.16 bits per heavy atom. The Morgan fingerprint density at radius 3 is 1.57 bits per heavy atom. The molecule has 206 valence electrons. The van der Waals surface area contributed by atoms with Gasteiger partial charge < -0.3 is 30.6 Å². The van der Waals surface area contributed by atoms with Gasteiger partial charge in [0.15, 0.2) is 9.84 Å². The molecule has 13 heteroatoms. The van der Waals surface area contributed by atoms with Crippen molar-refractivity contribution in [3.8, 4) is 0 Å². The molecular weight excluding hydrogens is 508 g/mol. The molecule has 1 aliphatic heterocycles. The van der Waals surface area contributed by atoms with Gasteiger partial charge >= 0.3 is 23.9 Å². The van der Waals surface area contributed by atoms with Crippen LogP contribution in [-0.4, -0.2) is 96.1 Å². The molecule has 0 saturated carbocycles. The summed E-state index contributed by atoms with van der Waals surface area (Å²) in [6.07, 6.45) is 7.51. The molecule has 0 unspecified atom stereocenters. The van der Waals surface area contributed by atoms with Gasteiger partial charge in [0.2, 0.25) is 0 Å². The van der Waals surface area contributed by atoms with Gasteiger partial charge in [-0.25, -0.2) is 27.6 Å². The third kappa shape index (κ3) is 20.4. The number of carboxylic acid groups (broad SMARTS) is 4. The SMILES string of the molecule is O=C(O)C=CC(=O)O.O=C(O)C=CC(=O)O.O=S(=O)(CCNCCN1CCCCCC1)c1ccccc1. The van der Waals surface area contributed by atoms with Gasteiger partial charge in [0.1, 0.15) is 0 Å². The van der Waals surface area contributed by atoms with Crippen molar-refractivity contribution in [3.05, 3.63) is 54.6 Å². The molecule has 37 heavy (non-hydrogen) atoms. The highest BCUT2D eigenvalue weighted by atomic mass is 32.2. The zero-order chi connectivity index (χ0) is 28.1. The maximum Gasteiger partial charge on any atom is 0.328 e. The fraction of sp³-hybridized carbons (Fsp3) is 0.417. The molecule has 0 radical (unpaired) electrons. The van der Waals surface area contributed by atoms with Crippen molar-refractivity contribution in [1.82, 2.24) is 10.2 Å². The normalized spacial score (nSPS) is 14.1. The zero-order valence-corrected chi connectivity index (χ0v) is 21.2. The van der Waals surface area contributed by atoms with E-state index in [-0.39, 0.29) is 5.75 Å². The van der Waals surface area contributed by atoms with E-state index in [0.717, 1.165) is 13.1 Å². The number of benzene rings is 1. The first-order valence-corrected chi connectivity index (χ1v) is 13.1. The van der Waals surface area contributed by atoms with Gasteiger partial charge in [0, 0.05) is 43.9 Å². The lowest BCUT2D eigenvalue weighted by Crippen LogP contribution is -2.34. The Kier molecular flexibility index (Phi) is 17.7.